The fraction of sp³-hybridized carbons (Fsp3) is 0.190. The molecular weight excluding hydrogens is 390 g/mol. The molecule has 1 aliphatic rings. The molecule has 148 valence electrons. The molecule has 2 heterocycles. The van der Waals surface area contributed by atoms with Crippen molar-refractivity contribution in [3.8, 4) is 22.8 Å². The number of hydrogen-bond donors (Lipinski definition) is 2. The molecule has 1 aromatic heterocycles. The molecule has 0 radical (unpaired) electrons. The van der Waals surface area contributed by atoms with Crippen molar-refractivity contribution in [2.24, 2.45) is 0 Å². The highest BCUT2D eigenvalue weighted by Crippen LogP contribution is 2.33. The van der Waals surface area contributed by atoms with Gasteiger partial charge in [0.25, 0.3) is 11.8 Å². The van der Waals surface area contributed by atoms with Gasteiger partial charge < -0.3 is 14.8 Å². The zero-order valence-corrected chi connectivity index (χ0v) is 16.5. The Morgan fingerprint density at radius 3 is 3.07 bits per heavy atom. The Morgan fingerprint density at radius 2 is 2.21 bits per heavy atom. The zero-order valence-electron chi connectivity index (χ0n) is 15.7. The van der Waals surface area contributed by atoms with Crippen molar-refractivity contribution in [1.29, 1.82) is 0 Å². The molecular formula is C21H19N3O4S. The summed E-state index contributed by atoms with van der Waals surface area (Å²) in [6.45, 7) is 1.99. The van der Waals surface area contributed by atoms with Gasteiger partial charge in [-0.2, -0.15) is 0 Å². The van der Waals surface area contributed by atoms with Crippen LogP contribution in [0.25, 0.3) is 11.3 Å². The number of nitrogens with one attached hydrogen (secondary N) is 2. The van der Waals surface area contributed by atoms with E-state index in [0.29, 0.717) is 28.0 Å². The predicted molar refractivity (Wildman–Crippen MR) is 112 cm³/mol. The van der Waals surface area contributed by atoms with Gasteiger partial charge in [-0.1, -0.05) is 19.1 Å². The average Bonchev–Trinajstić information content (AvgIpc) is 3.20. The van der Waals surface area contributed by atoms with Gasteiger partial charge in [0, 0.05) is 10.9 Å². The van der Waals surface area contributed by atoms with Crippen molar-refractivity contribution in [2.75, 3.05) is 23.8 Å². The molecule has 0 saturated carbocycles. The summed E-state index contributed by atoms with van der Waals surface area (Å²) in [6, 6.07) is 13.1. The largest absolute Gasteiger partial charge is 0.484 e. The molecule has 0 bridgehead atoms. The highest BCUT2D eigenvalue weighted by molar-refractivity contribution is 7.14. The van der Waals surface area contributed by atoms with E-state index in [9.17, 15) is 9.59 Å². The first-order valence-corrected chi connectivity index (χ1v) is 10.0. The van der Waals surface area contributed by atoms with E-state index < -0.39 is 0 Å². The smallest absolute Gasteiger partial charge is 0.264 e. The summed E-state index contributed by atoms with van der Waals surface area (Å²) in [5.74, 6) is 0.823. The highest BCUT2D eigenvalue weighted by Gasteiger charge is 2.17. The van der Waals surface area contributed by atoms with Crippen LogP contribution in [0.3, 0.4) is 0 Å². The number of aromatic nitrogens is 1. The minimum absolute atomic E-state index is 0.0179. The van der Waals surface area contributed by atoms with Crippen molar-refractivity contribution in [2.45, 2.75) is 13.3 Å². The minimum atomic E-state index is -0.279. The summed E-state index contributed by atoms with van der Waals surface area (Å²) < 4.78 is 10.9. The maximum atomic E-state index is 12.2. The molecule has 3 aromatic rings. The van der Waals surface area contributed by atoms with Crippen molar-refractivity contribution >= 4 is 34.0 Å². The molecule has 0 fully saturated rings. The lowest BCUT2D eigenvalue weighted by Gasteiger charge is -2.18. The topological polar surface area (TPSA) is 89.5 Å². The van der Waals surface area contributed by atoms with Crippen LogP contribution < -0.4 is 20.1 Å². The third kappa shape index (κ3) is 4.55. The number of thiazole rings is 1. The molecule has 29 heavy (non-hydrogen) atoms. The molecule has 8 heteroatoms. The van der Waals surface area contributed by atoms with Crippen LogP contribution in [0.1, 0.15) is 12.5 Å². The van der Waals surface area contributed by atoms with Gasteiger partial charge in [0.05, 0.1) is 11.4 Å². The number of carbonyl (C=O) groups is 2. The van der Waals surface area contributed by atoms with E-state index in [2.05, 4.69) is 22.5 Å². The molecule has 7 nitrogen and oxygen atoms in total. The maximum absolute atomic E-state index is 12.2. The summed E-state index contributed by atoms with van der Waals surface area (Å²) in [5.41, 5.74) is 3.28. The van der Waals surface area contributed by atoms with Crippen molar-refractivity contribution in [1.82, 2.24) is 4.98 Å². The SMILES string of the molecule is CCc1cccc(OCC(=O)Nc2nc(-c3ccc4c(c3)NC(=O)CO4)cs2)c1. The van der Waals surface area contributed by atoms with Gasteiger partial charge in [-0.3, -0.25) is 14.9 Å². The van der Waals surface area contributed by atoms with E-state index in [1.165, 1.54) is 11.3 Å². The van der Waals surface area contributed by atoms with Gasteiger partial charge in [-0.05, 0) is 42.3 Å². The third-order valence-corrected chi connectivity index (χ3v) is 5.09. The summed E-state index contributed by atoms with van der Waals surface area (Å²) in [4.78, 5) is 28.1. The van der Waals surface area contributed by atoms with Crippen LogP contribution in [0.15, 0.2) is 47.8 Å². The number of benzene rings is 2. The second kappa shape index (κ2) is 8.32. The number of nitrogens with zero attached hydrogens (tertiary/aromatic N) is 1. The van der Waals surface area contributed by atoms with Gasteiger partial charge in [-0.15, -0.1) is 11.3 Å². The number of aryl methyl sites for hydroxylation is 1. The van der Waals surface area contributed by atoms with Crippen LogP contribution in [0.2, 0.25) is 0 Å². The van der Waals surface area contributed by atoms with Crippen LogP contribution in [-0.2, 0) is 16.0 Å². The normalized spacial score (nSPS) is 12.5. The molecule has 2 amide bonds. The second-order valence-electron chi connectivity index (χ2n) is 6.42. The number of hydrogen-bond acceptors (Lipinski definition) is 6. The molecule has 2 aromatic carbocycles. The van der Waals surface area contributed by atoms with Gasteiger partial charge in [-0.25, -0.2) is 4.98 Å². The summed E-state index contributed by atoms with van der Waals surface area (Å²) in [5, 5.41) is 7.85. The maximum Gasteiger partial charge on any atom is 0.264 e. The van der Waals surface area contributed by atoms with E-state index >= 15 is 0 Å². The Kier molecular flexibility index (Phi) is 5.44. The lowest BCUT2D eigenvalue weighted by atomic mass is 10.1. The number of ether oxygens (including phenoxy) is 2. The van der Waals surface area contributed by atoms with E-state index in [-0.39, 0.29) is 25.0 Å². The number of carbonyl (C=O) groups excluding carboxylic acids is 2. The first-order valence-electron chi connectivity index (χ1n) is 9.15. The van der Waals surface area contributed by atoms with Gasteiger partial charge in [0.15, 0.2) is 18.3 Å². The fourth-order valence-electron chi connectivity index (χ4n) is 2.87. The second-order valence-corrected chi connectivity index (χ2v) is 7.28. The van der Waals surface area contributed by atoms with E-state index in [4.69, 9.17) is 9.47 Å². The van der Waals surface area contributed by atoms with Crippen LogP contribution in [0.4, 0.5) is 10.8 Å². The molecule has 0 atom stereocenters. The van der Waals surface area contributed by atoms with Crippen LogP contribution in [0.5, 0.6) is 11.5 Å². The summed E-state index contributed by atoms with van der Waals surface area (Å²) in [6.07, 6.45) is 0.907. The summed E-state index contributed by atoms with van der Waals surface area (Å²) >= 11 is 1.32. The van der Waals surface area contributed by atoms with Gasteiger partial charge >= 0.3 is 0 Å². The van der Waals surface area contributed by atoms with Gasteiger partial charge in [0.2, 0.25) is 0 Å². The molecule has 0 spiro atoms. The average molecular weight is 409 g/mol. The van der Waals surface area contributed by atoms with Crippen LogP contribution in [0, 0.1) is 0 Å². The quantitative estimate of drug-likeness (QED) is 0.648. The van der Waals surface area contributed by atoms with E-state index in [1.54, 1.807) is 12.1 Å². The Hall–Kier alpha value is -3.39. The van der Waals surface area contributed by atoms with Crippen molar-refractivity contribution in [3.05, 3.63) is 53.4 Å². The van der Waals surface area contributed by atoms with Crippen molar-refractivity contribution < 1.29 is 19.1 Å². The first-order chi connectivity index (χ1) is 14.1. The number of amides is 2. The van der Waals surface area contributed by atoms with E-state index in [0.717, 1.165) is 17.5 Å². The lowest BCUT2D eigenvalue weighted by Crippen LogP contribution is -2.25. The number of anilines is 2. The molecule has 0 unspecified atom stereocenters. The van der Waals surface area contributed by atoms with Gasteiger partial charge in [0.1, 0.15) is 11.5 Å². The van der Waals surface area contributed by atoms with Crippen LogP contribution >= 0.6 is 11.3 Å². The predicted octanol–water partition coefficient (Wildman–Crippen LogP) is 3.72. The molecule has 4 rings (SSSR count). The lowest BCUT2D eigenvalue weighted by molar-refractivity contribution is -0.119. The number of rotatable bonds is 6. The third-order valence-electron chi connectivity index (χ3n) is 4.34. The van der Waals surface area contributed by atoms with Crippen LogP contribution in [-0.4, -0.2) is 30.0 Å². The van der Waals surface area contributed by atoms with Crippen molar-refractivity contribution in [3.63, 3.8) is 0 Å². The fourth-order valence-corrected chi connectivity index (χ4v) is 3.60. The Morgan fingerprint density at radius 1 is 1.31 bits per heavy atom. The Balaban J connectivity index is 1.38. The zero-order chi connectivity index (χ0) is 20.2. The standard InChI is InChI=1S/C21H19N3O4S/c1-2-13-4-3-5-15(8-13)27-10-20(26)24-21-23-17(12-29-21)14-6-7-18-16(9-14)22-19(25)11-28-18/h3-9,12H,2,10-11H2,1H3,(H,22,25)(H,23,24,26). The monoisotopic (exact) mass is 409 g/mol. The molecule has 2 N–H and O–H groups in total. The summed E-state index contributed by atoms with van der Waals surface area (Å²) in [7, 11) is 0. The Bertz CT molecular complexity index is 1060. The molecule has 0 saturated heterocycles. The number of fused-ring (bicyclic) bond motifs is 1. The van der Waals surface area contributed by atoms with E-state index in [1.807, 2.05) is 35.7 Å². The molecule has 1 aliphatic heterocycles. The molecule has 0 aliphatic carbocycles. The highest BCUT2D eigenvalue weighted by atomic mass is 32.1. The first kappa shape index (κ1) is 18.9. The minimum Gasteiger partial charge on any atom is -0.484 e. The Labute approximate surface area is 171 Å².